The fourth-order valence-electron chi connectivity index (χ4n) is 5.73. The zero-order chi connectivity index (χ0) is 22.6. The third kappa shape index (κ3) is 5.54. The minimum atomic E-state index is -3.28. The van der Waals surface area contributed by atoms with Gasteiger partial charge in [0, 0.05) is 12.6 Å². The summed E-state index contributed by atoms with van der Waals surface area (Å²) in [4.78, 5) is 13.0. The largest absolute Gasteiger partial charge is 0.351 e. The van der Waals surface area contributed by atoms with Crippen LogP contribution in [0.2, 0.25) is 0 Å². The second-order valence-electron chi connectivity index (χ2n) is 10.0. The number of amides is 1. The molecule has 32 heavy (non-hydrogen) atoms. The van der Waals surface area contributed by atoms with E-state index in [1.165, 1.54) is 19.3 Å². The van der Waals surface area contributed by atoms with E-state index >= 15 is 0 Å². The van der Waals surface area contributed by atoms with E-state index in [-0.39, 0.29) is 17.2 Å². The van der Waals surface area contributed by atoms with Gasteiger partial charge in [0.25, 0.3) is 0 Å². The number of carbonyl (C=O) groups is 1. The lowest BCUT2D eigenvalue weighted by atomic mass is 9.85. The van der Waals surface area contributed by atoms with Crippen molar-refractivity contribution < 1.29 is 13.2 Å². The molecule has 0 bridgehead atoms. The van der Waals surface area contributed by atoms with Gasteiger partial charge in [0.15, 0.2) is 9.84 Å². The number of rotatable bonds is 8. The van der Waals surface area contributed by atoms with E-state index < -0.39 is 9.84 Å². The van der Waals surface area contributed by atoms with Crippen LogP contribution in [0.4, 0.5) is 0 Å². The first-order chi connectivity index (χ1) is 15.5. The number of hydrogen-bond acceptors (Lipinski definition) is 5. The Hall–Kier alpha value is -1.44. The Morgan fingerprint density at radius 3 is 2.53 bits per heavy atom. The summed E-state index contributed by atoms with van der Waals surface area (Å²) < 4.78 is 26.2. The van der Waals surface area contributed by atoms with Gasteiger partial charge in [-0.1, -0.05) is 38.3 Å². The zero-order valence-electron chi connectivity index (χ0n) is 19.3. The number of carbonyl (C=O) groups excluding carboxylic acids is 1. The van der Waals surface area contributed by atoms with E-state index in [2.05, 4.69) is 22.9 Å². The third-order valence-electron chi connectivity index (χ3n) is 7.80. The van der Waals surface area contributed by atoms with Crippen molar-refractivity contribution in [2.75, 3.05) is 13.1 Å². The van der Waals surface area contributed by atoms with Crippen molar-refractivity contribution in [1.82, 2.24) is 16.0 Å². The highest BCUT2D eigenvalue weighted by atomic mass is 32.2. The molecule has 4 rings (SSSR count). The number of unbranched alkanes of at least 4 members (excludes halogenated alkanes) is 1. The van der Waals surface area contributed by atoms with Gasteiger partial charge in [-0.05, 0) is 81.1 Å². The maximum absolute atomic E-state index is 13.1. The summed E-state index contributed by atoms with van der Waals surface area (Å²) in [7, 11) is -3.28. The smallest absolute Gasteiger partial charge is 0.237 e. The molecule has 0 aromatic heterocycles. The molecule has 6 nitrogen and oxygen atoms in total. The maximum atomic E-state index is 13.1. The van der Waals surface area contributed by atoms with Gasteiger partial charge in [-0.2, -0.15) is 0 Å². The van der Waals surface area contributed by atoms with E-state index in [1.807, 2.05) is 12.1 Å². The van der Waals surface area contributed by atoms with E-state index in [0.29, 0.717) is 29.3 Å². The number of fused-ring (bicyclic) bond motifs is 1. The molecule has 3 aliphatic rings. The Balaban J connectivity index is 1.27. The standard InChI is InChI=1S/C25H39N3O3S/c1-2-3-4-18-5-9-21(10-6-18)32(30,31)22-11-7-19(8-12-22)16-27-25(29)24-15-20-17-26-14-13-23(20)28-24/h7-8,11-12,18,20-21,23-24,26,28H,2-6,9-10,13-17H2,1H3,(H,27,29). The van der Waals surface area contributed by atoms with Crippen molar-refractivity contribution in [2.45, 2.75) is 93.5 Å². The fourth-order valence-corrected chi connectivity index (χ4v) is 7.52. The monoisotopic (exact) mass is 461 g/mol. The van der Waals surface area contributed by atoms with Gasteiger partial charge in [0.1, 0.15) is 0 Å². The van der Waals surface area contributed by atoms with E-state index in [9.17, 15) is 13.2 Å². The zero-order valence-corrected chi connectivity index (χ0v) is 20.1. The van der Waals surface area contributed by atoms with Gasteiger partial charge in [0.2, 0.25) is 5.91 Å². The molecule has 0 radical (unpaired) electrons. The van der Waals surface area contributed by atoms with Crippen LogP contribution in [0, 0.1) is 11.8 Å². The highest BCUT2D eigenvalue weighted by Crippen LogP contribution is 2.34. The number of nitrogens with one attached hydrogen (secondary N) is 3. The number of sulfone groups is 1. The van der Waals surface area contributed by atoms with Crippen molar-refractivity contribution in [1.29, 1.82) is 0 Å². The average Bonchev–Trinajstić information content (AvgIpc) is 3.26. The molecule has 0 spiro atoms. The summed E-state index contributed by atoms with van der Waals surface area (Å²) >= 11 is 0. The van der Waals surface area contributed by atoms with Crippen LogP contribution in [0.3, 0.4) is 0 Å². The molecule has 1 amide bonds. The minimum Gasteiger partial charge on any atom is -0.351 e. The Bertz CT molecular complexity index is 849. The molecular formula is C25H39N3O3S. The van der Waals surface area contributed by atoms with Crippen LogP contribution in [0.25, 0.3) is 0 Å². The van der Waals surface area contributed by atoms with Crippen LogP contribution < -0.4 is 16.0 Å². The van der Waals surface area contributed by atoms with Gasteiger partial charge in [-0.25, -0.2) is 8.42 Å². The predicted molar refractivity (Wildman–Crippen MR) is 127 cm³/mol. The van der Waals surface area contributed by atoms with Gasteiger partial charge in [-0.15, -0.1) is 0 Å². The second-order valence-corrected chi connectivity index (χ2v) is 12.2. The second kappa shape index (κ2) is 10.7. The van der Waals surface area contributed by atoms with E-state index in [4.69, 9.17) is 0 Å². The van der Waals surface area contributed by atoms with Gasteiger partial charge < -0.3 is 16.0 Å². The molecule has 1 saturated carbocycles. The SMILES string of the molecule is CCCCC1CCC(S(=O)(=O)c2ccc(CNC(=O)C3CC4CNCCC4N3)cc2)CC1. The molecule has 1 aromatic rings. The first-order valence-electron chi connectivity index (χ1n) is 12.5. The summed E-state index contributed by atoms with van der Waals surface area (Å²) in [6.45, 7) is 4.63. The quantitative estimate of drug-likeness (QED) is 0.554. The number of piperidine rings is 1. The van der Waals surface area contributed by atoms with Crippen molar-refractivity contribution in [3.05, 3.63) is 29.8 Å². The Labute approximate surface area is 193 Å². The summed E-state index contributed by atoms with van der Waals surface area (Å²) in [5.41, 5.74) is 0.928. The van der Waals surface area contributed by atoms with E-state index in [1.54, 1.807) is 12.1 Å². The van der Waals surface area contributed by atoms with Gasteiger partial charge >= 0.3 is 0 Å². The molecular weight excluding hydrogens is 422 g/mol. The summed E-state index contributed by atoms with van der Waals surface area (Å²) in [6, 6.07) is 7.43. The van der Waals surface area contributed by atoms with Crippen LogP contribution in [-0.2, 0) is 21.2 Å². The molecule has 7 heteroatoms. The molecule has 2 aliphatic heterocycles. The van der Waals surface area contributed by atoms with Crippen molar-refractivity contribution in [3.8, 4) is 0 Å². The van der Waals surface area contributed by atoms with Crippen molar-refractivity contribution >= 4 is 15.7 Å². The molecule has 3 fully saturated rings. The lowest BCUT2D eigenvalue weighted by molar-refractivity contribution is -0.123. The normalized spacial score (nSPS) is 30.6. The molecule has 178 valence electrons. The summed E-state index contributed by atoms with van der Waals surface area (Å²) in [5.74, 6) is 1.27. The Morgan fingerprint density at radius 1 is 1.09 bits per heavy atom. The Morgan fingerprint density at radius 2 is 1.84 bits per heavy atom. The van der Waals surface area contributed by atoms with E-state index in [0.717, 1.165) is 57.2 Å². The molecule has 1 aromatic carbocycles. The molecule has 2 saturated heterocycles. The molecule has 3 unspecified atom stereocenters. The molecule has 3 N–H and O–H groups in total. The van der Waals surface area contributed by atoms with Crippen LogP contribution in [0.5, 0.6) is 0 Å². The number of benzene rings is 1. The number of hydrogen-bond donors (Lipinski definition) is 3. The molecule has 3 atom stereocenters. The first kappa shape index (κ1) is 23.7. The molecule has 1 aliphatic carbocycles. The Kier molecular flexibility index (Phi) is 7.90. The van der Waals surface area contributed by atoms with Crippen molar-refractivity contribution in [3.63, 3.8) is 0 Å². The van der Waals surface area contributed by atoms with Crippen molar-refractivity contribution in [2.24, 2.45) is 11.8 Å². The third-order valence-corrected chi connectivity index (χ3v) is 10.1. The fraction of sp³-hybridized carbons (Fsp3) is 0.720. The van der Waals surface area contributed by atoms with Crippen LogP contribution in [0.1, 0.15) is 70.3 Å². The minimum absolute atomic E-state index is 0.0379. The van der Waals surface area contributed by atoms with Crippen LogP contribution in [-0.4, -0.2) is 44.7 Å². The molecule has 2 heterocycles. The highest BCUT2D eigenvalue weighted by Gasteiger charge is 2.38. The first-order valence-corrected chi connectivity index (χ1v) is 14.1. The van der Waals surface area contributed by atoms with Crippen LogP contribution >= 0.6 is 0 Å². The lowest BCUT2D eigenvalue weighted by Gasteiger charge is -2.28. The topological polar surface area (TPSA) is 87.3 Å². The summed E-state index contributed by atoms with van der Waals surface area (Å²) in [5, 5.41) is 9.65. The predicted octanol–water partition coefficient (Wildman–Crippen LogP) is 3.17. The summed E-state index contributed by atoms with van der Waals surface area (Å²) in [6.07, 6.45) is 9.25. The average molecular weight is 462 g/mol. The lowest BCUT2D eigenvalue weighted by Crippen LogP contribution is -2.45. The maximum Gasteiger partial charge on any atom is 0.237 e. The van der Waals surface area contributed by atoms with Gasteiger partial charge in [0.05, 0.1) is 16.2 Å². The highest BCUT2D eigenvalue weighted by molar-refractivity contribution is 7.92. The van der Waals surface area contributed by atoms with Gasteiger partial charge in [-0.3, -0.25) is 4.79 Å². The van der Waals surface area contributed by atoms with Crippen LogP contribution in [0.15, 0.2) is 29.2 Å².